The molecule has 146 valence electrons. The van der Waals surface area contributed by atoms with Crippen molar-refractivity contribution in [1.82, 2.24) is 9.21 Å². The van der Waals surface area contributed by atoms with Gasteiger partial charge in [-0.3, -0.25) is 4.79 Å². The van der Waals surface area contributed by atoms with E-state index in [0.717, 1.165) is 6.07 Å². The predicted molar refractivity (Wildman–Crippen MR) is 104 cm³/mol. The molecule has 0 radical (unpaired) electrons. The molecule has 10 heteroatoms. The number of carbonyl (C=O) groups excluding carboxylic acids is 1. The number of hydrogen-bond donors (Lipinski definition) is 1. The van der Waals surface area contributed by atoms with Gasteiger partial charge in [0.25, 0.3) is 10.0 Å². The van der Waals surface area contributed by atoms with Gasteiger partial charge in [0.2, 0.25) is 5.91 Å². The summed E-state index contributed by atoms with van der Waals surface area (Å²) in [4.78, 5) is 14.1. The molecular formula is C17H19ClFN3O3S2. The third kappa shape index (κ3) is 5.05. The third-order valence-electron chi connectivity index (χ3n) is 4.28. The Morgan fingerprint density at radius 3 is 2.59 bits per heavy atom. The van der Waals surface area contributed by atoms with Gasteiger partial charge in [-0.25, -0.2) is 12.8 Å². The molecule has 1 aromatic carbocycles. The molecule has 0 bridgehead atoms. The van der Waals surface area contributed by atoms with Gasteiger partial charge in [-0.1, -0.05) is 17.7 Å². The van der Waals surface area contributed by atoms with Crippen LogP contribution in [-0.4, -0.2) is 56.3 Å². The molecule has 1 amide bonds. The molecule has 1 aliphatic heterocycles. The molecule has 27 heavy (non-hydrogen) atoms. The minimum Gasteiger partial charge on any atom is -0.324 e. The zero-order chi connectivity index (χ0) is 19.4. The van der Waals surface area contributed by atoms with Gasteiger partial charge in [-0.05, 0) is 29.6 Å². The molecule has 2 aromatic rings. The first-order chi connectivity index (χ1) is 12.9. The molecular weight excluding hydrogens is 413 g/mol. The van der Waals surface area contributed by atoms with E-state index in [1.165, 1.54) is 27.8 Å². The van der Waals surface area contributed by atoms with Crippen LogP contribution >= 0.6 is 22.9 Å². The van der Waals surface area contributed by atoms with Gasteiger partial charge >= 0.3 is 0 Å². The van der Waals surface area contributed by atoms with Gasteiger partial charge < -0.3 is 10.2 Å². The molecule has 0 unspecified atom stereocenters. The Morgan fingerprint density at radius 1 is 1.22 bits per heavy atom. The summed E-state index contributed by atoms with van der Waals surface area (Å²) in [6, 6.07) is 7.39. The molecule has 0 saturated carbocycles. The maximum absolute atomic E-state index is 13.7. The van der Waals surface area contributed by atoms with E-state index in [1.807, 2.05) is 4.90 Å². The second-order valence-electron chi connectivity index (χ2n) is 6.10. The monoisotopic (exact) mass is 431 g/mol. The number of benzene rings is 1. The van der Waals surface area contributed by atoms with Crippen molar-refractivity contribution in [2.24, 2.45) is 0 Å². The minimum atomic E-state index is -3.43. The maximum Gasteiger partial charge on any atom is 0.252 e. The van der Waals surface area contributed by atoms with Crippen LogP contribution in [0.15, 0.2) is 39.9 Å². The van der Waals surface area contributed by atoms with Gasteiger partial charge in [0.1, 0.15) is 10.0 Å². The van der Waals surface area contributed by atoms with Crippen molar-refractivity contribution in [2.75, 3.05) is 38.0 Å². The fourth-order valence-electron chi connectivity index (χ4n) is 2.79. The van der Waals surface area contributed by atoms with Gasteiger partial charge in [0.05, 0.1) is 5.69 Å². The molecule has 0 spiro atoms. The first kappa shape index (κ1) is 20.2. The molecule has 2 heterocycles. The number of piperazine rings is 1. The number of sulfonamides is 1. The number of anilines is 1. The van der Waals surface area contributed by atoms with E-state index in [2.05, 4.69) is 5.32 Å². The van der Waals surface area contributed by atoms with Crippen molar-refractivity contribution in [3.05, 3.63) is 46.6 Å². The van der Waals surface area contributed by atoms with Crippen LogP contribution in [0, 0.1) is 5.82 Å². The average molecular weight is 432 g/mol. The van der Waals surface area contributed by atoms with Crippen molar-refractivity contribution >= 4 is 44.6 Å². The maximum atomic E-state index is 13.7. The highest BCUT2D eigenvalue weighted by molar-refractivity contribution is 7.91. The van der Waals surface area contributed by atoms with E-state index >= 15 is 0 Å². The van der Waals surface area contributed by atoms with Crippen LogP contribution in [0.2, 0.25) is 5.02 Å². The molecule has 1 aromatic heterocycles. The molecule has 3 rings (SSSR count). The van der Waals surface area contributed by atoms with Crippen molar-refractivity contribution < 1.29 is 17.6 Å². The first-order valence-electron chi connectivity index (χ1n) is 8.37. The van der Waals surface area contributed by atoms with E-state index in [1.54, 1.807) is 17.5 Å². The molecule has 1 aliphatic rings. The molecule has 0 atom stereocenters. The molecule has 6 nitrogen and oxygen atoms in total. The van der Waals surface area contributed by atoms with Crippen LogP contribution in [0.4, 0.5) is 10.1 Å². The number of nitrogens with one attached hydrogen (secondary N) is 1. The van der Waals surface area contributed by atoms with Crippen LogP contribution in [0.25, 0.3) is 0 Å². The largest absolute Gasteiger partial charge is 0.324 e. The first-order valence-corrected chi connectivity index (χ1v) is 11.1. The lowest BCUT2D eigenvalue weighted by Crippen LogP contribution is -2.48. The average Bonchev–Trinajstić information content (AvgIpc) is 3.18. The van der Waals surface area contributed by atoms with E-state index < -0.39 is 15.8 Å². The number of nitrogens with zero attached hydrogens (tertiary/aromatic N) is 2. The Labute approximate surface area is 166 Å². The Hall–Kier alpha value is -1.52. The number of thiophene rings is 1. The standard InChI is InChI=1S/C17H19ClFN3O3S2/c18-13-3-4-15(14(19)12-13)20-16(23)5-6-21-7-9-22(10-8-21)27(24,25)17-2-1-11-26-17/h1-4,11-12H,5-10H2,(H,20,23). The van der Waals surface area contributed by atoms with Crippen LogP contribution in [-0.2, 0) is 14.8 Å². The van der Waals surface area contributed by atoms with Crippen molar-refractivity contribution in [3.63, 3.8) is 0 Å². The fraction of sp³-hybridized carbons (Fsp3) is 0.353. The summed E-state index contributed by atoms with van der Waals surface area (Å²) >= 11 is 6.89. The topological polar surface area (TPSA) is 69.7 Å². The smallest absolute Gasteiger partial charge is 0.252 e. The quantitative estimate of drug-likeness (QED) is 0.763. The van der Waals surface area contributed by atoms with Crippen LogP contribution < -0.4 is 5.32 Å². The Balaban J connectivity index is 1.46. The fourth-order valence-corrected chi connectivity index (χ4v) is 5.52. The second kappa shape index (κ2) is 8.66. The lowest BCUT2D eigenvalue weighted by molar-refractivity contribution is -0.116. The minimum absolute atomic E-state index is 0.0938. The SMILES string of the molecule is O=C(CCN1CCN(S(=O)(=O)c2cccs2)CC1)Nc1ccc(Cl)cc1F. The summed E-state index contributed by atoms with van der Waals surface area (Å²) in [5, 5.41) is 4.53. The summed E-state index contributed by atoms with van der Waals surface area (Å²) in [6.07, 6.45) is 0.194. The lowest BCUT2D eigenvalue weighted by Gasteiger charge is -2.33. The summed E-state index contributed by atoms with van der Waals surface area (Å²) in [7, 11) is -3.43. The third-order valence-corrected chi connectivity index (χ3v) is 7.79. The number of carbonyl (C=O) groups is 1. The molecule has 1 saturated heterocycles. The summed E-state index contributed by atoms with van der Waals surface area (Å²) in [5.74, 6) is -0.881. The second-order valence-corrected chi connectivity index (χ2v) is 9.65. The molecule has 1 fully saturated rings. The number of halogens is 2. The normalized spacial score (nSPS) is 16.4. The summed E-state index contributed by atoms with van der Waals surface area (Å²) < 4.78 is 40.5. The van der Waals surface area contributed by atoms with E-state index in [0.29, 0.717) is 36.9 Å². The summed E-state index contributed by atoms with van der Waals surface area (Å²) in [5.41, 5.74) is 0.0938. The van der Waals surface area contributed by atoms with E-state index in [4.69, 9.17) is 11.6 Å². The molecule has 0 aliphatic carbocycles. The Kier molecular flexibility index (Phi) is 6.48. The van der Waals surface area contributed by atoms with E-state index in [-0.39, 0.29) is 23.0 Å². The highest BCUT2D eigenvalue weighted by Crippen LogP contribution is 2.22. The van der Waals surface area contributed by atoms with Crippen LogP contribution in [0.1, 0.15) is 6.42 Å². The van der Waals surface area contributed by atoms with Gasteiger partial charge in [-0.2, -0.15) is 4.31 Å². The van der Waals surface area contributed by atoms with Gasteiger partial charge in [-0.15, -0.1) is 11.3 Å². The number of hydrogen-bond acceptors (Lipinski definition) is 5. The van der Waals surface area contributed by atoms with Gasteiger partial charge in [0.15, 0.2) is 0 Å². The predicted octanol–water partition coefficient (Wildman–Crippen LogP) is 2.88. The van der Waals surface area contributed by atoms with Crippen molar-refractivity contribution in [2.45, 2.75) is 10.6 Å². The van der Waals surface area contributed by atoms with Crippen LogP contribution in [0.3, 0.4) is 0 Å². The zero-order valence-corrected chi connectivity index (χ0v) is 16.8. The molecule has 1 N–H and O–H groups in total. The lowest BCUT2D eigenvalue weighted by atomic mass is 10.2. The Bertz CT molecular complexity index is 898. The number of amides is 1. The summed E-state index contributed by atoms with van der Waals surface area (Å²) in [6.45, 7) is 2.34. The van der Waals surface area contributed by atoms with Crippen molar-refractivity contribution in [3.8, 4) is 0 Å². The van der Waals surface area contributed by atoms with Crippen molar-refractivity contribution in [1.29, 1.82) is 0 Å². The zero-order valence-electron chi connectivity index (χ0n) is 14.4. The Morgan fingerprint density at radius 2 is 1.96 bits per heavy atom. The van der Waals surface area contributed by atoms with Gasteiger partial charge in [0, 0.05) is 44.2 Å². The van der Waals surface area contributed by atoms with E-state index in [9.17, 15) is 17.6 Å². The number of rotatable bonds is 6. The highest BCUT2D eigenvalue weighted by atomic mass is 35.5. The highest BCUT2D eigenvalue weighted by Gasteiger charge is 2.29. The van der Waals surface area contributed by atoms with Crippen LogP contribution in [0.5, 0.6) is 0 Å².